The number of hydrogen-bond donors (Lipinski definition) is 2. The minimum Gasteiger partial charge on any atom is -0.358 e. The van der Waals surface area contributed by atoms with Crippen molar-refractivity contribution in [3.05, 3.63) is 30.1 Å². The molecule has 0 saturated carbocycles. The van der Waals surface area contributed by atoms with E-state index in [9.17, 15) is 22.4 Å². The maximum Gasteiger partial charge on any atom is 0.238 e. The monoisotopic (exact) mass is 357 g/mol. The summed E-state index contributed by atoms with van der Waals surface area (Å²) in [5.74, 6) is -1.42. The summed E-state index contributed by atoms with van der Waals surface area (Å²) in [5, 5.41) is 5.51. The van der Waals surface area contributed by atoms with E-state index < -0.39 is 21.7 Å². The largest absolute Gasteiger partial charge is 0.358 e. The molecule has 1 heterocycles. The number of carbonyl (C=O) groups excluding carboxylic acids is 2. The van der Waals surface area contributed by atoms with Gasteiger partial charge in [-0.25, -0.2) is 12.8 Å². The van der Waals surface area contributed by atoms with Crippen molar-refractivity contribution in [1.82, 2.24) is 15.5 Å². The molecule has 132 valence electrons. The molecule has 1 saturated heterocycles. The van der Waals surface area contributed by atoms with Gasteiger partial charge in [-0.3, -0.25) is 9.59 Å². The summed E-state index contributed by atoms with van der Waals surface area (Å²) in [6.07, 6.45) is -0.180. The number of carbonyl (C=O) groups is 2. The van der Waals surface area contributed by atoms with Crippen LogP contribution in [0.5, 0.6) is 0 Å². The maximum atomic E-state index is 12.9. The predicted octanol–water partition coefficient (Wildman–Crippen LogP) is -0.464. The van der Waals surface area contributed by atoms with Crippen LogP contribution < -0.4 is 10.6 Å². The normalized spacial score (nSPS) is 18.2. The van der Waals surface area contributed by atoms with E-state index in [2.05, 4.69) is 10.6 Å². The van der Waals surface area contributed by atoms with E-state index in [4.69, 9.17) is 0 Å². The highest BCUT2D eigenvalue weighted by Crippen LogP contribution is 2.14. The Hall–Kier alpha value is -2.00. The molecule has 0 spiro atoms. The number of piperazine rings is 1. The van der Waals surface area contributed by atoms with E-state index >= 15 is 0 Å². The molecule has 1 aromatic carbocycles. The molecule has 1 atom stereocenters. The molecule has 1 aromatic rings. The lowest BCUT2D eigenvalue weighted by atomic mass is 10.2. The molecule has 24 heavy (non-hydrogen) atoms. The van der Waals surface area contributed by atoms with Crippen LogP contribution in [-0.4, -0.2) is 63.6 Å². The van der Waals surface area contributed by atoms with Crippen molar-refractivity contribution >= 4 is 21.7 Å². The Balaban J connectivity index is 1.94. The predicted molar refractivity (Wildman–Crippen MR) is 85.5 cm³/mol. The molecular weight excluding hydrogens is 337 g/mol. The van der Waals surface area contributed by atoms with Gasteiger partial charge in [0, 0.05) is 33.1 Å². The summed E-state index contributed by atoms with van der Waals surface area (Å²) in [6, 6.07) is 4.00. The summed E-state index contributed by atoms with van der Waals surface area (Å²) in [7, 11) is -2.14. The molecule has 7 nitrogen and oxygen atoms in total. The van der Waals surface area contributed by atoms with E-state index in [1.54, 1.807) is 0 Å². The molecule has 0 aromatic heterocycles. The van der Waals surface area contributed by atoms with Crippen LogP contribution in [0.2, 0.25) is 0 Å². The highest BCUT2D eigenvalue weighted by Gasteiger charge is 2.28. The van der Waals surface area contributed by atoms with Crippen LogP contribution in [-0.2, 0) is 19.4 Å². The second-order valence-electron chi connectivity index (χ2n) is 5.48. The fourth-order valence-corrected chi connectivity index (χ4v) is 3.70. The maximum absolute atomic E-state index is 12.9. The molecule has 0 bridgehead atoms. The SMILES string of the molecule is CNC(=O)[C@@H]1CN(C(=O)CCS(=O)(=O)c2ccc(F)cc2)CCN1. The van der Waals surface area contributed by atoms with E-state index in [1.165, 1.54) is 24.1 Å². The Kier molecular flexibility index (Phi) is 5.89. The molecule has 9 heteroatoms. The standard InChI is InChI=1S/C15H20FN3O4S/c1-17-15(21)13-10-19(8-7-18-13)14(20)6-9-24(22,23)12-4-2-11(16)3-5-12/h2-5,13,18H,6-10H2,1H3,(H,17,21)/t13-/m0/s1. The van der Waals surface area contributed by atoms with Crippen LogP contribution in [0.15, 0.2) is 29.2 Å². The number of amides is 2. The fourth-order valence-electron chi connectivity index (χ4n) is 2.47. The first kappa shape index (κ1) is 18.3. The van der Waals surface area contributed by atoms with Crippen LogP contribution in [0.4, 0.5) is 4.39 Å². The van der Waals surface area contributed by atoms with Gasteiger partial charge < -0.3 is 15.5 Å². The van der Waals surface area contributed by atoms with Gasteiger partial charge in [0.25, 0.3) is 0 Å². The van der Waals surface area contributed by atoms with Crippen LogP contribution in [0.25, 0.3) is 0 Å². The summed E-state index contributed by atoms with van der Waals surface area (Å²) >= 11 is 0. The number of nitrogens with one attached hydrogen (secondary N) is 2. The van der Waals surface area contributed by atoms with Crippen molar-refractivity contribution in [2.45, 2.75) is 17.4 Å². The van der Waals surface area contributed by atoms with Crippen molar-refractivity contribution in [2.24, 2.45) is 0 Å². The van der Waals surface area contributed by atoms with Gasteiger partial charge in [0.15, 0.2) is 9.84 Å². The first-order chi connectivity index (χ1) is 11.3. The second kappa shape index (κ2) is 7.71. The molecular formula is C15H20FN3O4S. The molecule has 2 amide bonds. The van der Waals surface area contributed by atoms with Gasteiger partial charge in [-0.1, -0.05) is 0 Å². The van der Waals surface area contributed by atoms with Crippen molar-refractivity contribution in [1.29, 1.82) is 0 Å². The summed E-state index contributed by atoms with van der Waals surface area (Å²) in [4.78, 5) is 25.3. The lowest BCUT2D eigenvalue weighted by Crippen LogP contribution is -2.58. The van der Waals surface area contributed by atoms with E-state index in [1.807, 2.05) is 0 Å². The van der Waals surface area contributed by atoms with E-state index in [0.29, 0.717) is 13.1 Å². The molecule has 0 unspecified atom stereocenters. The third-order valence-corrected chi connectivity index (χ3v) is 5.58. The molecule has 0 aliphatic carbocycles. The summed E-state index contributed by atoms with van der Waals surface area (Å²) in [5.41, 5.74) is 0. The molecule has 2 N–H and O–H groups in total. The van der Waals surface area contributed by atoms with Crippen LogP contribution in [0, 0.1) is 5.82 Å². The first-order valence-electron chi connectivity index (χ1n) is 7.54. The van der Waals surface area contributed by atoms with Gasteiger partial charge in [-0.05, 0) is 24.3 Å². The first-order valence-corrected chi connectivity index (χ1v) is 9.20. The van der Waals surface area contributed by atoms with Gasteiger partial charge in [-0.2, -0.15) is 0 Å². The molecule has 1 aliphatic heterocycles. The third kappa shape index (κ3) is 4.51. The third-order valence-electron chi connectivity index (χ3n) is 3.85. The Morgan fingerprint density at radius 2 is 2.00 bits per heavy atom. The fraction of sp³-hybridized carbons (Fsp3) is 0.467. The van der Waals surface area contributed by atoms with Crippen LogP contribution >= 0.6 is 0 Å². The average Bonchev–Trinajstić information content (AvgIpc) is 2.59. The Morgan fingerprint density at radius 1 is 1.33 bits per heavy atom. The Bertz CT molecular complexity index is 706. The highest BCUT2D eigenvalue weighted by molar-refractivity contribution is 7.91. The number of hydrogen-bond acceptors (Lipinski definition) is 5. The number of likely N-dealkylation sites (N-methyl/N-ethyl adjacent to an activating group) is 1. The van der Waals surface area contributed by atoms with Crippen molar-refractivity contribution < 1.29 is 22.4 Å². The van der Waals surface area contributed by atoms with Gasteiger partial charge in [0.05, 0.1) is 10.6 Å². The zero-order valence-corrected chi connectivity index (χ0v) is 14.1. The molecule has 0 radical (unpaired) electrons. The number of rotatable bonds is 5. The van der Waals surface area contributed by atoms with Gasteiger partial charge in [0.2, 0.25) is 11.8 Å². The van der Waals surface area contributed by atoms with Crippen LogP contribution in [0.1, 0.15) is 6.42 Å². The topological polar surface area (TPSA) is 95.6 Å². The smallest absolute Gasteiger partial charge is 0.238 e. The molecule has 1 fully saturated rings. The summed E-state index contributed by atoms with van der Waals surface area (Å²) in [6.45, 7) is 1.09. The number of halogens is 1. The molecule has 2 rings (SSSR count). The Labute approximate surface area is 140 Å². The average molecular weight is 357 g/mol. The number of nitrogens with zero attached hydrogens (tertiary/aromatic N) is 1. The second-order valence-corrected chi connectivity index (χ2v) is 7.59. The lowest BCUT2D eigenvalue weighted by molar-refractivity contribution is -0.133. The van der Waals surface area contributed by atoms with Gasteiger partial charge in [-0.15, -0.1) is 0 Å². The van der Waals surface area contributed by atoms with Crippen molar-refractivity contribution in [2.75, 3.05) is 32.4 Å². The van der Waals surface area contributed by atoms with Crippen LogP contribution in [0.3, 0.4) is 0 Å². The van der Waals surface area contributed by atoms with E-state index in [-0.39, 0.29) is 35.4 Å². The summed E-state index contributed by atoms with van der Waals surface area (Å²) < 4.78 is 37.2. The Morgan fingerprint density at radius 3 is 2.62 bits per heavy atom. The van der Waals surface area contributed by atoms with E-state index in [0.717, 1.165) is 12.1 Å². The zero-order valence-electron chi connectivity index (χ0n) is 13.3. The number of sulfone groups is 1. The van der Waals surface area contributed by atoms with Crippen molar-refractivity contribution in [3.63, 3.8) is 0 Å². The minimum atomic E-state index is -3.65. The highest BCUT2D eigenvalue weighted by atomic mass is 32.2. The van der Waals surface area contributed by atoms with Gasteiger partial charge >= 0.3 is 0 Å². The minimum absolute atomic E-state index is 0.0137. The van der Waals surface area contributed by atoms with Gasteiger partial charge in [0.1, 0.15) is 11.9 Å². The zero-order chi connectivity index (χ0) is 17.7. The quantitative estimate of drug-likeness (QED) is 0.695. The number of benzene rings is 1. The lowest BCUT2D eigenvalue weighted by Gasteiger charge is -2.32. The molecule has 1 aliphatic rings. The van der Waals surface area contributed by atoms with Crippen molar-refractivity contribution in [3.8, 4) is 0 Å².